The van der Waals surface area contributed by atoms with Crippen molar-refractivity contribution >= 4 is 0 Å². The molecule has 0 spiro atoms. The van der Waals surface area contributed by atoms with Gasteiger partial charge in [-0.1, -0.05) is 0 Å². The SMILES string of the molecule is CC(N(C)C1CNC1)C12CC3CC(CC(C3)C1)C2. The molecule has 4 bridgehead atoms. The van der Waals surface area contributed by atoms with Crippen molar-refractivity contribution in [3.63, 3.8) is 0 Å². The standard InChI is InChI=1S/C16H28N2/c1-11(18(2)15-9-17-10-15)16-6-12-3-13(7-16)5-14(4-12)8-16/h11-15,17H,3-10H2,1-2H3. The molecule has 1 aliphatic heterocycles. The number of nitrogens with one attached hydrogen (secondary N) is 1. The number of nitrogens with zero attached hydrogens (tertiary/aromatic N) is 1. The molecule has 0 aromatic heterocycles. The largest absolute Gasteiger partial charge is 0.314 e. The quantitative estimate of drug-likeness (QED) is 0.825. The van der Waals surface area contributed by atoms with Crippen LogP contribution >= 0.6 is 0 Å². The van der Waals surface area contributed by atoms with Crippen molar-refractivity contribution in [3.8, 4) is 0 Å². The Morgan fingerprint density at radius 1 is 1.00 bits per heavy atom. The molecule has 5 rings (SSSR count). The molecule has 102 valence electrons. The highest BCUT2D eigenvalue weighted by Crippen LogP contribution is 2.61. The Morgan fingerprint density at radius 3 is 1.89 bits per heavy atom. The highest BCUT2D eigenvalue weighted by molar-refractivity contribution is 5.06. The minimum atomic E-state index is 0.694. The molecule has 4 saturated carbocycles. The van der Waals surface area contributed by atoms with Crippen molar-refractivity contribution in [3.05, 3.63) is 0 Å². The highest BCUT2D eigenvalue weighted by Gasteiger charge is 2.54. The van der Waals surface area contributed by atoms with Gasteiger partial charge in [-0.2, -0.15) is 0 Å². The summed E-state index contributed by atoms with van der Waals surface area (Å²) in [5, 5.41) is 3.43. The lowest BCUT2D eigenvalue weighted by Crippen LogP contribution is -2.63. The first-order chi connectivity index (χ1) is 8.66. The normalized spacial score (nSPS) is 48.5. The Hall–Kier alpha value is -0.0800. The van der Waals surface area contributed by atoms with Crippen LogP contribution in [0.2, 0.25) is 0 Å². The first-order valence-electron chi connectivity index (χ1n) is 8.09. The molecular formula is C16H28N2. The first-order valence-corrected chi connectivity index (χ1v) is 8.09. The molecule has 0 radical (unpaired) electrons. The summed E-state index contributed by atoms with van der Waals surface area (Å²) in [5.74, 6) is 3.27. The van der Waals surface area contributed by atoms with Crippen molar-refractivity contribution in [2.45, 2.75) is 57.5 Å². The maximum absolute atomic E-state index is 3.43. The van der Waals surface area contributed by atoms with E-state index in [9.17, 15) is 0 Å². The summed E-state index contributed by atoms with van der Waals surface area (Å²) in [7, 11) is 2.38. The highest BCUT2D eigenvalue weighted by atomic mass is 15.2. The Kier molecular flexibility index (Phi) is 2.58. The van der Waals surface area contributed by atoms with Gasteiger partial charge in [0.05, 0.1) is 0 Å². The van der Waals surface area contributed by atoms with Gasteiger partial charge in [0.2, 0.25) is 0 Å². The van der Waals surface area contributed by atoms with Gasteiger partial charge in [0.15, 0.2) is 0 Å². The Balaban J connectivity index is 1.55. The second kappa shape index (κ2) is 3.96. The molecule has 1 N–H and O–H groups in total. The van der Waals surface area contributed by atoms with Crippen LogP contribution in [-0.4, -0.2) is 37.1 Å². The van der Waals surface area contributed by atoms with E-state index in [1.54, 1.807) is 38.5 Å². The summed E-state index contributed by atoms with van der Waals surface area (Å²) < 4.78 is 0. The third-order valence-electron chi connectivity index (χ3n) is 6.92. The summed E-state index contributed by atoms with van der Waals surface area (Å²) in [6.45, 7) is 4.96. The summed E-state index contributed by atoms with van der Waals surface area (Å²) >= 11 is 0. The van der Waals surface area contributed by atoms with E-state index in [1.165, 1.54) is 13.1 Å². The Labute approximate surface area is 111 Å². The smallest absolute Gasteiger partial charge is 0.0345 e. The summed E-state index contributed by atoms with van der Waals surface area (Å²) in [5.41, 5.74) is 0.694. The van der Waals surface area contributed by atoms with Crippen molar-refractivity contribution in [2.24, 2.45) is 23.2 Å². The van der Waals surface area contributed by atoms with Gasteiger partial charge in [-0.25, -0.2) is 0 Å². The van der Waals surface area contributed by atoms with Crippen LogP contribution in [0, 0.1) is 23.2 Å². The topological polar surface area (TPSA) is 15.3 Å². The molecule has 1 unspecified atom stereocenters. The molecule has 18 heavy (non-hydrogen) atoms. The molecule has 0 aromatic carbocycles. The lowest BCUT2D eigenvalue weighted by molar-refractivity contribution is -0.102. The van der Waals surface area contributed by atoms with Crippen LogP contribution in [0.15, 0.2) is 0 Å². The van der Waals surface area contributed by atoms with Gasteiger partial charge in [0, 0.05) is 25.2 Å². The number of likely N-dealkylation sites (N-methyl/N-ethyl adjacent to an activating group) is 1. The fraction of sp³-hybridized carbons (Fsp3) is 1.00. The first kappa shape index (κ1) is 11.7. The van der Waals surface area contributed by atoms with Gasteiger partial charge in [-0.15, -0.1) is 0 Å². The molecule has 1 heterocycles. The van der Waals surface area contributed by atoms with E-state index < -0.39 is 0 Å². The van der Waals surface area contributed by atoms with Crippen LogP contribution in [0.4, 0.5) is 0 Å². The second-order valence-electron chi connectivity index (χ2n) is 7.93. The maximum Gasteiger partial charge on any atom is 0.0345 e. The van der Waals surface area contributed by atoms with Gasteiger partial charge in [0.1, 0.15) is 0 Å². The zero-order valence-electron chi connectivity index (χ0n) is 12.0. The van der Waals surface area contributed by atoms with E-state index in [2.05, 4.69) is 24.2 Å². The maximum atomic E-state index is 3.43. The van der Waals surface area contributed by atoms with Gasteiger partial charge in [-0.3, -0.25) is 4.90 Å². The van der Waals surface area contributed by atoms with Gasteiger partial charge < -0.3 is 5.32 Å². The number of rotatable bonds is 3. The lowest BCUT2D eigenvalue weighted by Gasteiger charge is -2.61. The van der Waals surface area contributed by atoms with Crippen molar-refractivity contribution in [1.29, 1.82) is 0 Å². The molecule has 1 saturated heterocycles. The lowest BCUT2D eigenvalue weighted by atomic mass is 9.47. The fourth-order valence-corrected chi connectivity index (χ4v) is 6.00. The predicted octanol–water partition coefficient (Wildman–Crippen LogP) is 2.49. The third kappa shape index (κ3) is 1.61. The molecule has 0 amide bonds. The van der Waals surface area contributed by atoms with Crippen LogP contribution in [0.25, 0.3) is 0 Å². The molecule has 2 heteroatoms. The molecule has 1 atom stereocenters. The summed E-state index contributed by atoms with van der Waals surface area (Å²) in [4.78, 5) is 2.71. The van der Waals surface area contributed by atoms with Gasteiger partial charge in [0.25, 0.3) is 0 Å². The Morgan fingerprint density at radius 2 is 1.50 bits per heavy atom. The summed E-state index contributed by atoms with van der Waals surface area (Å²) in [6.07, 6.45) is 9.35. The van der Waals surface area contributed by atoms with E-state index in [-0.39, 0.29) is 0 Å². The molecular weight excluding hydrogens is 220 g/mol. The van der Waals surface area contributed by atoms with Crippen LogP contribution in [0.5, 0.6) is 0 Å². The second-order valence-corrected chi connectivity index (χ2v) is 7.93. The molecule has 4 aliphatic carbocycles. The third-order valence-corrected chi connectivity index (χ3v) is 6.92. The molecule has 0 aromatic rings. The van der Waals surface area contributed by atoms with E-state index >= 15 is 0 Å². The van der Waals surface area contributed by atoms with Crippen molar-refractivity contribution < 1.29 is 0 Å². The van der Waals surface area contributed by atoms with Crippen LogP contribution in [0.3, 0.4) is 0 Å². The summed E-state index contributed by atoms with van der Waals surface area (Å²) in [6, 6.07) is 1.62. The van der Waals surface area contributed by atoms with E-state index in [0.29, 0.717) is 5.41 Å². The minimum absolute atomic E-state index is 0.694. The van der Waals surface area contributed by atoms with Crippen LogP contribution in [0.1, 0.15) is 45.4 Å². The minimum Gasteiger partial charge on any atom is -0.314 e. The van der Waals surface area contributed by atoms with Crippen LogP contribution in [-0.2, 0) is 0 Å². The molecule has 5 aliphatic rings. The van der Waals surface area contributed by atoms with Crippen molar-refractivity contribution in [2.75, 3.05) is 20.1 Å². The van der Waals surface area contributed by atoms with E-state index in [0.717, 1.165) is 29.8 Å². The zero-order chi connectivity index (χ0) is 12.3. The average Bonchev–Trinajstić information content (AvgIpc) is 2.23. The van der Waals surface area contributed by atoms with E-state index in [1.807, 2.05) is 0 Å². The molecule has 2 nitrogen and oxygen atoms in total. The van der Waals surface area contributed by atoms with Gasteiger partial charge >= 0.3 is 0 Å². The predicted molar refractivity (Wildman–Crippen MR) is 74.5 cm³/mol. The Bertz CT molecular complexity index is 299. The fourth-order valence-electron chi connectivity index (χ4n) is 6.00. The van der Waals surface area contributed by atoms with Gasteiger partial charge in [-0.05, 0) is 75.7 Å². The number of hydrogen-bond acceptors (Lipinski definition) is 2. The molecule has 5 fully saturated rings. The van der Waals surface area contributed by atoms with Crippen molar-refractivity contribution in [1.82, 2.24) is 10.2 Å². The monoisotopic (exact) mass is 248 g/mol. The van der Waals surface area contributed by atoms with Crippen LogP contribution < -0.4 is 5.32 Å². The number of hydrogen-bond donors (Lipinski definition) is 1. The average molecular weight is 248 g/mol. The van der Waals surface area contributed by atoms with E-state index in [4.69, 9.17) is 0 Å². The zero-order valence-corrected chi connectivity index (χ0v) is 12.0.